The van der Waals surface area contributed by atoms with Crippen molar-refractivity contribution in [3.8, 4) is 0 Å². The molecular weight excluding hydrogens is 238 g/mol. The molecule has 0 aliphatic carbocycles. The quantitative estimate of drug-likeness (QED) is 0.661. The monoisotopic (exact) mass is 257 g/mol. The molecule has 1 N–H and O–H groups in total. The molecule has 0 radical (unpaired) electrons. The number of nitrogens with one attached hydrogen (secondary N) is 1. The first-order valence-electron chi connectivity index (χ1n) is 5.54. The lowest BCUT2D eigenvalue weighted by molar-refractivity contribution is -0.144. The highest BCUT2D eigenvalue weighted by Crippen LogP contribution is 2.21. The van der Waals surface area contributed by atoms with E-state index >= 15 is 0 Å². The number of rotatable bonds is 4. The fourth-order valence-electron chi connectivity index (χ4n) is 1.07. The van der Waals surface area contributed by atoms with Crippen molar-refractivity contribution in [3.05, 3.63) is 5.82 Å². The largest absolute Gasteiger partial charge is 0.462 e. The number of carbonyl (C=O) groups is 1. The SMILES string of the molecule is CC(C)OC(=O)CSc1n[nH]c(C(C)(C)C)n1. The van der Waals surface area contributed by atoms with Gasteiger partial charge in [0.15, 0.2) is 0 Å². The van der Waals surface area contributed by atoms with Crippen LogP contribution in [0.15, 0.2) is 5.16 Å². The standard InChI is InChI=1S/C11H19N3O2S/c1-7(2)16-8(15)6-17-10-12-9(13-14-10)11(3,4)5/h7H,6H2,1-5H3,(H,12,13,14). The molecule has 0 bridgehead atoms. The van der Waals surface area contributed by atoms with Gasteiger partial charge in [-0.1, -0.05) is 32.5 Å². The Morgan fingerprint density at radius 2 is 2.12 bits per heavy atom. The van der Waals surface area contributed by atoms with Crippen LogP contribution in [0, 0.1) is 0 Å². The highest BCUT2D eigenvalue weighted by molar-refractivity contribution is 7.99. The molecule has 0 unspecified atom stereocenters. The minimum absolute atomic E-state index is 0.0652. The normalized spacial score (nSPS) is 11.9. The van der Waals surface area contributed by atoms with E-state index in [0.29, 0.717) is 5.16 Å². The molecule has 1 heterocycles. The summed E-state index contributed by atoms with van der Waals surface area (Å²) in [7, 11) is 0. The van der Waals surface area contributed by atoms with Crippen molar-refractivity contribution in [2.24, 2.45) is 0 Å². The third-order valence-electron chi connectivity index (χ3n) is 1.86. The van der Waals surface area contributed by atoms with Gasteiger partial charge in [-0.05, 0) is 13.8 Å². The van der Waals surface area contributed by atoms with Gasteiger partial charge in [0.2, 0.25) is 5.16 Å². The van der Waals surface area contributed by atoms with E-state index in [2.05, 4.69) is 36.0 Å². The summed E-state index contributed by atoms with van der Waals surface area (Å²) < 4.78 is 5.02. The third kappa shape index (κ3) is 4.77. The number of carbonyl (C=O) groups excluding carboxylic acids is 1. The van der Waals surface area contributed by atoms with Gasteiger partial charge < -0.3 is 4.74 Å². The molecule has 96 valence electrons. The second-order valence-electron chi connectivity index (χ2n) is 5.04. The number of H-pyrrole nitrogens is 1. The average molecular weight is 257 g/mol. The fourth-order valence-corrected chi connectivity index (χ4v) is 1.65. The van der Waals surface area contributed by atoms with Gasteiger partial charge in [0.05, 0.1) is 11.9 Å². The van der Waals surface area contributed by atoms with Gasteiger partial charge in [-0.25, -0.2) is 4.98 Å². The molecule has 6 heteroatoms. The van der Waals surface area contributed by atoms with Crippen LogP contribution in [0.2, 0.25) is 0 Å². The topological polar surface area (TPSA) is 67.9 Å². The van der Waals surface area contributed by atoms with Crippen molar-refractivity contribution < 1.29 is 9.53 Å². The smallest absolute Gasteiger partial charge is 0.316 e. The minimum Gasteiger partial charge on any atom is -0.462 e. The summed E-state index contributed by atoms with van der Waals surface area (Å²) in [6.07, 6.45) is -0.0830. The van der Waals surface area contributed by atoms with E-state index in [4.69, 9.17) is 4.74 Å². The number of hydrogen-bond acceptors (Lipinski definition) is 5. The van der Waals surface area contributed by atoms with Crippen LogP contribution in [0.4, 0.5) is 0 Å². The predicted molar refractivity (Wildman–Crippen MR) is 67.0 cm³/mol. The van der Waals surface area contributed by atoms with Gasteiger partial charge in [0.1, 0.15) is 5.82 Å². The van der Waals surface area contributed by atoms with Gasteiger partial charge in [-0.15, -0.1) is 5.10 Å². The Labute approximate surface area is 106 Å². The molecule has 17 heavy (non-hydrogen) atoms. The lowest BCUT2D eigenvalue weighted by Crippen LogP contribution is -2.14. The number of aromatic nitrogens is 3. The molecule has 1 aromatic rings. The zero-order valence-corrected chi connectivity index (χ0v) is 11.7. The Bertz CT molecular complexity index is 382. The molecule has 0 saturated carbocycles. The predicted octanol–water partition coefficient (Wildman–Crippen LogP) is 2.15. The van der Waals surface area contributed by atoms with Crippen molar-refractivity contribution in [2.75, 3.05) is 5.75 Å². The van der Waals surface area contributed by atoms with Crippen LogP contribution in [-0.2, 0) is 14.9 Å². The van der Waals surface area contributed by atoms with Gasteiger partial charge in [0.25, 0.3) is 0 Å². The van der Waals surface area contributed by atoms with E-state index in [1.54, 1.807) is 0 Å². The Morgan fingerprint density at radius 1 is 1.47 bits per heavy atom. The summed E-state index contributed by atoms with van der Waals surface area (Å²) in [6, 6.07) is 0. The van der Waals surface area contributed by atoms with Gasteiger partial charge in [-0.2, -0.15) is 0 Å². The molecule has 0 aromatic carbocycles. The van der Waals surface area contributed by atoms with Crippen LogP contribution in [0.1, 0.15) is 40.4 Å². The number of hydrogen-bond donors (Lipinski definition) is 1. The molecule has 0 spiro atoms. The average Bonchev–Trinajstić information content (AvgIpc) is 2.61. The highest BCUT2D eigenvalue weighted by atomic mass is 32.2. The lowest BCUT2D eigenvalue weighted by atomic mass is 9.96. The van der Waals surface area contributed by atoms with Crippen molar-refractivity contribution in [1.82, 2.24) is 15.2 Å². The summed E-state index contributed by atoms with van der Waals surface area (Å²) in [4.78, 5) is 15.6. The summed E-state index contributed by atoms with van der Waals surface area (Å²) in [5, 5.41) is 7.51. The molecule has 0 fully saturated rings. The van der Waals surface area contributed by atoms with Crippen LogP contribution >= 0.6 is 11.8 Å². The van der Waals surface area contributed by atoms with E-state index in [0.717, 1.165) is 5.82 Å². The zero-order valence-electron chi connectivity index (χ0n) is 10.9. The Hall–Kier alpha value is -1.04. The first-order valence-corrected chi connectivity index (χ1v) is 6.53. The molecule has 0 saturated heterocycles. The van der Waals surface area contributed by atoms with Crippen molar-refractivity contribution in [1.29, 1.82) is 0 Å². The summed E-state index contributed by atoms with van der Waals surface area (Å²) in [5.41, 5.74) is -0.0652. The van der Waals surface area contributed by atoms with Gasteiger partial charge in [0, 0.05) is 5.41 Å². The van der Waals surface area contributed by atoms with Crippen molar-refractivity contribution >= 4 is 17.7 Å². The van der Waals surface area contributed by atoms with E-state index in [-0.39, 0.29) is 23.2 Å². The van der Waals surface area contributed by atoms with Crippen LogP contribution in [0.5, 0.6) is 0 Å². The van der Waals surface area contributed by atoms with Crippen LogP contribution < -0.4 is 0 Å². The summed E-state index contributed by atoms with van der Waals surface area (Å²) >= 11 is 1.28. The molecule has 5 nitrogen and oxygen atoms in total. The van der Waals surface area contributed by atoms with E-state index in [1.165, 1.54) is 11.8 Å². The Balaban J connectivity index is 2.48. The molecule has 0 aliphatic rings. The molecular formula is C11H19N3O2S. The van der Waals surface area contributed by atoms with Crippen LogP contribution in [-0.4, -0.2) is 33.0 Å². The molecule has 0 aliphatic heterocycles. The van der Waals surface area contributed by atoms with E-state index in [9.17, 15) is 4.79 Å². The number of thioether (sulfide) groups is 1. The van der Waals surface area contributed by atoms with Gasteiger partial charge in [-0.3, -0.25) is 9.89 Å². The maximum absolute atomic E-state index is 11.3. The molecule has 0 amide bonds. The second-order valence-corrected chi connectivity index (χ2v) is 5.99. The summed E-state index contributed by atoms with van der Waals surface area (Å²) in [6.45, 7) is 9.80. The summed E-state index contributed by atoms with van der Waals surface area (Å²) in [5.74, 6) is 0.809. The minimum atomic E-state index is -0.243. The number of esters is 1. The van der Waals surface area contributed by atoms with Gasteiger partial charge >= 0.3 is 5.97 Å². The zero-order chi connectivity index (χ0) is 13.1. The van der Waals surface area contributed by atoms with Crippen molar-refractivity contribution in [3.63, 3.8) is 0 Å². The van der Waals surface area contributed by atoms with Crippen LogP contribution in [0.25, 0.3) is 0 Å². The first kappa shape index (κ1) is 14.0. The maximum Gasteiger partial charge on any atom is 0.316 e. The Kier molecular flexibility index (Phi) is 4.56. The fraction of sp³-hybridized carbons (Fsp3) is 0.727. The van der Waals surface area contributed by atoms with E-state index < -0.39 is 0 Å². The molecule has 0 atom stereocenters. The molecule has 1 aromatic heterocycles. The number of aromatic amines is 1. The number of nitrogens with zero attached hydrogens (tertiary/aromatic N) is 2. The second kappa shape index (κ2) is 5.53. The van der Waals surface area contributed by atoms with E-state index in [1.807, 2.05) is 13.8 Å². The molecule has 1 rings (SSSR count). The van der Waals surface area contributed by atoms with Crippen LogP contribution in [0.3, 0.4) is 0 Å². The Morgan fingerprint density at radius 3 is 2.59 bits per heavy atom. The lowest BCUT2D eigenvalue weighted by Gasteiger charge is -2.12. The number of ether oxygens (including phenoxy) is 1. The third-order valence-corrected chi connectivity index (χ3v) is 2.68. The first-order chi connectivity index (χ1) is 7.79. The maximum atomic E-state index is 11.3. The van der Waals surface area contributed by atoms with Crippen molar-refractivity contribution in [2.45, 2.75) is 51.3 Å². The highest BCUT2D eigenvalue weighted by Gasteiger charge is 2.19.